The first-order valence-electron chi connectivity index (χ1n) is 6.47. The predicted octanol–water partition coefficient (Wildman–Crippen LogP) is 3.12. The number of rotatable bonds is 6. The molecule has 1 fully saturated rings. The Morgan fingerprint density at radius 3 is 2.39 bits per heavy atom. The van der Waals surface area contributed by atoms with Gasteiger partial charge in [0.05, 0.1) is 4.92 Å². The Morgan fingerprint density at radius 2 is 1.94 bits per heavy atom. The molecule has 2 rings (SSSR count). The molecule has 1 N–H and O–H groups in total. The molecule has 0 atom stereocenters. The second-order valence-corrected chi connectivity index (χ2v) is 5.54. The van der Waals surface area contributed by atoms with E-state index in [0.29, 0.717) is 5.41 Å². The van der Waals surface area contributed by atoms with Gasteiger partial charge in [-0.25, -0.2) is 0 Å². The van der Waals surface area contributed by atoms with E-state index in [2.05, 4.69) is 19.2 Å². The number of nitrogens with zero attached hydrogens (tertiary/aromatic N) is 1. The third-order valence-corrected chi connectivity index (χ3v) is 4.07. The van der Waals surface area contributed by atoms with E-state index in [1.165, 1.54) is 12.8 Å². The molecule has 0 amide bonds. The number of non-ortho nitro benzene ring substituents is 1. The van der Waals surface area contributed by atoms with Gasteiger partial charge in [-0.15, -0.1) is 0 Å². The lowest BCUT2D eigenvalue weighted by Gasteiger charge is -2.20. The molecule has 4 nitrogen and oxygen atoms in total. The van der Waals surface area contributed by atoms with Gasteiger partial charge in [-0.1, -0.05) is 26.0 Å². The van der Waals surface area contributed by atoms with Crippen molar-refractivity contribution >= 4 is 5.69 Å². The Balaban J connectivity index is 1.82. The maximum atomic E-state index is 10.5. The molecule has 1 aliphatic rings. The lowest BCUT2D eigenvalue weighted by atomic mass is 9.92. The van der Waals surface area contributed by atoms with E-state index in [0.717, 1.165) is 24.6 Å². The Kier molecular flexibility index (Phi) is 3.66. The van der Waals surface area contributed by atoms with Gasteiger partial charge in [-0.2, -0.15) is 0 Å². The summed E-state index contributed by atoms with van der Waals surface area (Å²) in [5.41, 5.74) is 1.75. The Labute approximate surface area is 108 Å². The average molecular weight is 248 g/mol. The first-order chi connectivity index (χ1) is 8.53. The summed E-state index contributed by atoms with van der Waals surface area (Å²) in [6.07, 6.45) is 2.63. The molecule has 4 heteroatoms. The third-order valence-electron chi connectivity index (χ3n) is 4.07. The summed E-state index contributed by atoms with van der Waals surface area (Å²) in [5, 5.41) is 14.0. The number of hydrogen-bond acceptors (Lipinski definition) is 3. The van der Waals surface area contributed by atoms with Gasteiger partial charge in [0, 0.05) is 25.2 Å². The van der Waals surface area contributed by atoms with Crippen LogP contribution in [0.1, 0.15) is 32.3 Å². The Morgan fingerprint density at radius 1 is 1.33 bits per heavy atom. The summed E-state index contributed by atoms with van der Waals surface area (Å²) in [6.45, 7) is 6.38. The summed E-state index contributed by atoms with van der Waals surface area (Å²) in [4.78, 5) is 10.2. The van der Waals surface area contributed by atoms with Crippen molar-refractivity contribution in [3.63, 3.8) is 0 Å². The quantitative estimate of drug-likeness (QED) is 0.621. The Bertz CT molecular complexity index is 422. The second-order valence-electron chi connectivity index (χ2n) is 5.54. The van der Waals surface area contributed by atoms with Gasteiger partial charge in [0.15, 0.2) is 0 Å². The van der Waals surface area contributed by atoms with E-state index < -0.39 is 0 Å². The molecular weight excluding hydrogens is 228 g/mol. The summed E-state index contributed by atoms with van der Waals surface area (Å²) in [6, 6.07) is 6.76. The molecule has 1 aromatic carbocycles. The highest BCUT2D eigenvalue weighted by Crippen LogP contribution is 2.51. The van der Waals surface area contributed by atoms with Crippen LogP contribution < -0.4 is 5.32 Å². The molecule has 1 saturated carbocycles. The second kappa shape index (κ2) is 5.06. The fraction of sp³-hybridized carbons (Fsp3) is 0.571. The van der Waals surface area contributed by atoms with Gasteiger partial charge in [-0.05, 0) is 29.7 Å². The molecule has 0 saturated heterocycles. The molecule has 1 aromatic rings. The summed E-state index contributed by atoms with van der Waals surface area (Å²) < 4.78 is 0. The van der Waals surface area contributed by atoms with Crippen molar-refractivity contribution < 1.29 is 4.92 Å². The Hall–Kier alpha value is -1.42. The minimum Gasteiger partial charge on any atom is -0.312 e. The monoisotopic (exact) mass is 248 g/mol. The van der Waals surface area contributed by atoms with Gasteiger partial charge in [0.1, 0.15) is 0 Å². The van der Waals surface area contributed by atoms with Crippen molar-refractivity contribution in [1.82, 2.24) is 5.32 Å². The number of nitro benzene ring substituents is 1. The van der Waals surface area contributed by atoms with Crippen LogP contribution in [0.3, 0.4) is 0 Å². The molecule has 18 heavy (non-hydrogen) atoms. The maximum Gasteiger partial charge on any atom is 0.269 e. The third kappa shape index (κ3) is 2.88. The standard InChI is InChI=1S/C14H20N2O2/c1-11(2)14(7-8-14)10-15-9-12-3-5-13(6-4-12)16(17)18/h3-6,11,15H,7-10H2,1-2H3. The molecule has 0 bridgehead atoms. The van der Waals surface area contributed by atoms with Crippen LogP contribution in [-0.2, 0) is 6.54 Å². The lowest BCUT2D eigenvalue weighted by molar-refractivity contribution is -0.384. The molecule has 0 spiro atoms. The number of nitrogens with one attached hydrogen (secondary N) is 1. The van der Waals surface area contributed by atoms with Gasteiger partial charge in [0.2, 0.25) is 0 Å². The van der Waals surface area contributed by atoms with Crippen molar-refractivity contribution in [3.8, 4) is 0 Å². The largest absolute Gasteiger partial charge is 0.312 e. The smallest absolute Gasteiger partial charge is 0.269 e. The molecule has 0 aliphatic heterocycles. The van der Waals surface area contributed by atoms with Crippen LogP contribution >= 0.6 is 0 Å². The van der Waals surface area contributed by atoms with Crippen LogP contribution in [0, 0.1) is 21.4 Å². The van der Waals surface area contributed by atoms with Gasteiger partial charge < -0.3 is 5.32 Å². The fourth-order valence-electron chi connectivity index (χ4n) is 2.31. The average Bonchev–Trinajstić information content (AvgIpc) is 3.11. The zero-order chi connectivity index (χ0) is 13.2. The van der Waals surface area contributed by atoms with E-state index in [-0.39, 0.29) is 10.6 Å². The fourth-order valence-corrected chi connectivity index (χ4v) is 2.31. The molecule has 1 aliphatic carbocycles. The van der Waals surface area contributed by atoms with Crippen molar-refractivity contribution in [2.75, 3.05) is 6.54 Å². The van der Waals surface area contributed by atoms with Crippen molar-refractivity contribution in [2.24, 2.45) is 11.3 Å². The maximum absolute atomic E-state index is 10.5. The molecule has 0 aromatic heterocycles. The SMILES string of the molecule is CC(C)C1(CNCc2ccc([N+](=O)[O-])cc2)CC1. The van der Waals surface area contributed by atoms with Crippen LogP contribution in [0.2, 0.25) is 0 Å². The van der Waals surface area contributed by atoms with Crippen LogP contribution in [0.15, 0.2) is 24.3 Å². The van der Waals surface area contributed by atoms with E-state index in [1.54, 1.807) is 12.1 Å². The summed E-state index contributed by atoms with van der Waals surface area (Å²) >= 11 is 0. The van der Waals surface area contributed by atoms with Gasteiger partial charge in [0.25, 0.3) is 5.69 Å². The molecule has 0 heterocycles. The van der Waals surface area contributed by atoms with E-state index in [9.17, 15) is 10.1 Å². The zero-order valence-electron chi connectivity index (χ0n) is 11.0. The van der Waals surface area contributed by atoms with Gasteiger partial charge >= 0.3 is 0 Å². The number of nitro groups is 1. The van der Waals surface area contributed by atoms with Crippen molar-refractivity contribution in [3.05, 3.63) is 39.9 Å². The highest BCUT2D eigenvalue weighted by molar-refractivity contribution is 5.32. The first-order valence-corrected chi connectivity index (χ1v) is 6.47. The topological polar surface area (TPSA) is 55.2 Å². The highest BCUT2D eigenvalue weighted by atomic mass is 16.6. The molecular formula is C14H20N2O2. The van der Waals surface area contributed by atoms with Crippen LogP contribution in [0.4, 0.5) is 5.69 Å². The van der Waals surface area contributed by atoms with E-state index in [1.807, 2.05) is 12.1 Å². The summed E-state index contributed by atoms with van der Waals surface area (Å²) in [7, 11) is 0. The predicted molar refractivity (Wildman–Crippen MR) is 71.3 cm³/mol. The van der Waals surface area contributed by atoms with Crippen LogP contribution in [0.25, 0.3) is 0 Å². The number of hydrogen-bond donors (Lipinski definition) is 1. The minimum absolute atomic E-state index is 0.152. The van der Waals surface area contributed by atoms with Gasteiger partial charge in [-0.3, -0.25) is 10.1 Å². The summed E-state index contributed by atoms with van der Waals surface area (Å²) in [5.74, 6) is 0.724. The van der Waals surface area contributed by atoms with Crippen molar-refractivity contribution in [1.29, 1.82) is 0 Å². The van der Waals surface area contributed by atoms with Crippen molar-refractivity contribution in [2.45, 2.75) is 33.2 Å². The van der Waals surface area contributed by atoms with Crippen LogP contribution in [0.5, 0.6) is 0 Å². The van der Waals surface area contributed by atoms with E-state index in [4.69, 9.17) is 0 Å². The lowest BCUT2D eigenvalue weighted by Crippen LogP contribution is -2.27. The molecule has 0 radical (unpaired) electrons. The normalized spacial score (nSPS) is 16.8. The highest BCUT2D eigenvalue weighted by Gasteiger charge is 2.44. The van der Waals surface area contributed by atoms with E-state index >= 15 is 0 Å². The van der Waals surface area contributed by atoms with Crippen LogP contribution in [-0.4, -0.2) is 11.5 Å². The molecule has 0 unspecified atom stereocenters. The molecule has 98 valence electrons. The minimum atomic E-state index is -0.366. The first kappa shape index (κ1) is 13.0. The number of benzene rings is 1. The zero-order valence-corrected chi connectivity index (χ0v) is 11.0.